The summed E-state index contributed by atoms with van der Waals surface area (Å²) in [6.07, 6.45) is 0. The first-order valence-corrected chi connectivity index (χ1v) is 8.44. The predicted molar refractivity (Wildman–Crippen MR) is 96.6 cm³/mol. The third-order valence-corrected chi connectivity index (χ3v) is 4.46. The van der Waals surface area contributed by atoms with Crippen LogP contribution >= 0.6 is 0 Å². The van der Waals surface area contributed by atoms with Crippen LogP contribution in [0.15, 0.2) is 54.6 Å². The van der Waals surface area contributed by atoms with Crippen molar-refractivity contribution >= 4 is 23.4 Å². The van der Waals surface area contributed by atoms with Crippen LogP contribution in [0, 0.1) is 11.8 Å². The average Bonchev–Trinajstić information content (AvgIpc) is 2.81. The van der Waals surface area contributed by atoms with Gasteiger partial charge in [-0.15, -0.1) is 0 Å². The molecule has 3 rings (SSSR count). The molecule has 1 aliphatic rings. The predicted octanol–water partition coefficient (Wildman–Crippen LogP) is 3.06. The molecule has 134 valence electrons. The number of carbonyl (C=O) groups is 3. The summed E-state index contributed by atoms with van der Waals surface area (Å²) in [5.74, 6) is -0.560. The van der Waals surface area contributed by atoms with Gasteiger partial charge in [-0.1, -0.05) is 38.1 Å². The Hall–Kier alpha value is -3.15. The summed E-state index contributed by atoms with van der Waals surface area (Å²) >= 11 is 0. The van der Waals surface area contributed by atoms with Crippen molar-refractivity contribution < 1.29 is 19.1 Å². The molecule has 1 fully saturated rings. The second-order valence-corrected chi connectivity index (χ2v) is 6.33. The van der Waals surface area contributed by atoms with Crippen LogP contribution in [-0.4, -0.2) is 29.2 Å². The van der Waals surface area contributed by atoms with Crippen molar-refractivity contribution in [2.45, 2.75) is 13.8 Å². The first-order valence-electron chi connectivity index (χ1n) is 8.44. The van der Waals surface area contributed by atoms with Crippen molar-refractivity contribution in [2.24, 2.45) is 11.8 Å². The number of nitrogens with zero attached hydrogens (tertiary/aromatic N) is 1. The number of carbonyl (C=O) groups excluding carboxylic acids is 3. The van der Waals surface area contributed by atoms with Crippen molar-refractivity contribution in [3.63, 3.8) is 0 Å². The summed E-state index contributed by atoms with van der Waals surface area (Å²) in [5.41, 5.74) is 0.531. The van der Waals surface area contributed by atoms with Crippen molar-refractivity contribution in [1.29, 1.82) is 0 Å². The molecule has 0 saturated carbocycles. The molecule has 2 atom stereocenters. The van der Waals surface area contributed by atoms with Gasteiger partial charge in [0.1, 0.15) is 18.0 Å². The van der Waals surface area contributed by atoms with Gasteiger partial charge in [-0.3, -0.25) is 19.3 Å². The molecule has 2 aromatic carbocycles. The summed E-state index contributed by atoms with van der Waals surface area (Å²) < 4.78 is 5.73. The maximum Gasteiger partial charge on any atom is 0.244 e. The summed E-state index contributed by atoms with van der Waals surface area (Å²) in [7, 11) is 0. The Labute approximate surface area is 151 Å². The molecule has 3 amide bonds. The normalized spacial score (nSPS) is 19.5. The van der Waals surface area contributed by atoms with E-state index in [2.05, 4.69) is 5.32 Å². The van der Waals surface area contributed by atoms with E-state index in [9.17, 15) is 14.4 Å². The largest absolute Gasteiger partial charge is 0.457 e. The lowest BCUT2D eigenvalue weighted by Crippen LogP contribution is -2.38. The molecule has 1 saturated heterocycles. The highest BCUT2D eigenvalue weighted by Gasteiger charge is 2.42. The summed E-state index contributed by atoms with van der Waals surface area (Å²) in [4.78, 5) is 37.4. The molecule has 0 aromatic heterocycles. The summed E-state index contributed by atoms with van der Waals surface area (Å²) in [6.45, 7) is 3.12. The second kappa shape index (κ2) is 7.39. The molecule has 0 unspecified atom stereocenters. The zero-order chi connectivity index (χ0) is 18.7. The molecule has 0 spiro atoms. The number of para-hydroxylation sites is 1. The van der Waals surface area contributed by atoms with Crippen LogP contribution in [0.4, 0.5) is 5.69 Å². The van der Waals surface area contributed by atoms with E-state index < -0.39 is 17.7 Å². The molecule has 6 nitrogen and oxygen atoms in total. The van der Waals surface area contributed by atoms with Gasteiger partial charge in [0, 0.05) is 23.6 Å². The van der Waals surface area contributed by atoms with Crippen LogP contribution in [0.1, 0.15) is 13.8 Å². The number of hydrogen-bond acceptors (Lipinski definition) is 4. The lowest BCUT2D eigenvalue weighted by Gasteiger charge is -2.14. The molecular formula is C20H20N2O4. The minimum atomic E-state index is -0.426. The van der Waals surface area contributed by atoms with Gasteiger partial charge in [-0.05, 0) is 24.3 Å². The SMILES string of the molecule is C[C@@H]1C(=O)N(CC(=O)Nc2cccc(Oc3ccccc3)c2)C(=O)[C@@H]1C. The quantitative estimate of drug-likeness (QED) is 0.839. The Morgan fingerprint density at radius 2 is 1.58 bits per heavy atom. The maximum atomic E-state index is 12.2. The summed E-state index contributed by atoms with van der Waals surface area (Å²) in [5, 5.41) is 2.70. The Balaban J connectivity index is 1.64. The average molecular weight is 352 g/mol. The number of anilines is 1. The van der Waals surface area contributed by atoms with Gasteiger partial charge in [-0.2, -0.15) is 0 Å². The van der Waals surface area contributed by atoms with E-state index in [0.717, 1.165) is 4.90 Å². The van der Waals surface area contributed by atoms with Crippen molar-refractivity contribution in [3.8, 4) is 11.5 Å². The smallest absolute Gasteiger partial charge is 0.244 e. The van der Waals surface area contributed by atoms with E-state index in [1.807, 2.05) is 30.3 Å². The highest BCUT2D eigenvalue weighted by atomic mass is 16.5. The fourth-order valence-corrected chi connectivity index (χ4v) is 2.79. The van der Waals surface area contributed by atoms with E-state index in [0.29, 0.717) is 17.2 Å². The molecule has 6 heteroatoms. The number of likely N-dealkylation sites (tertiary alicyclic amines) is 1. The fraction of sp³-hybridized carbons (Fsp3) is 0.250. The first kappa shape index (κ1) is 17.7. The lowest BCUT2D eigenvalue weighted by atomic mass is 10.00. The zero-order valence-corrected chi connectivity index (χ0v) is 14.6. The van der Waals surface area contributed by atoms with Crippen molar-refractivity contribution in [1.82, 2.24) is 4.90 Å². The van der Waals surface area contributed by atoms with Gasteiger partial charge >= 0.3 is 0 Å². The number of hydrogen-bond donors (Lipinski definition) is 1. The molecule has 0 radical (unpaired) electrons. The Kier molecular flexibility index (Phi) is 5.02. The third-order valence-electron chi connectivity index (χ3n) is 4.46. The molecular weight excluding hydrogens is 332 g/mol. The van der Waals surface area contributed by atoms with Crippen LogP contribution in [-0.2, 0) is 14.4 Å². The molecule has 1 N–H and O–H groups in total. The van der Waals surface area contributed by atoms with E-state index in [-0.39, 0.29) is 18.4 Å². The molecule has 0 bridgehead atoms. The van der Waals surface area contributed by atoms with Gasteiger partial charge in [0.05, 0.1) is 0 Å². The lowest BCUT2D eigenvalue weighted by molar-refractivity contribution is -0.142. The minimum absolute atomic E-state index is 0.282. The topological polar surface area (TPSA) is 75.7 Å². The van der Waals surface area contributed by atoms with Crippen LogP contribution in [0.5, 0.6) is 11.5 Å². The van der Waals surface area contributed by atoms with E-state index in [4.69, 9.17) is 4.74 Å². The molecule has 2 aromatic rings. The van der Waals surface area contributed by atoms with Gasteiger partial charge in [0.15, 0.2) is 0 Å². The fourth-order valence-electron chi connectivity index (χ4n) is 2.79. The minimum Gasteiger partial charge on any atom is -0.457 e. The monoisotopic (exact) mass is 352 g/mol. The Bertz CT molecular complexity index is 815. The van der Waals surface area contributed by atoms with E-state index >= 15 is 0 Å². The number of imide groups is 1. The maximum absolute atomic E-state index is 12.2. The molecule has 26 heavy (non-hydrogen) atoms. The van der Waals surface area contributed by atoms with Crippen molar-refractivity contribution in [2.75, 3.05) is 11.9 Å². The highest BCUT2D eigenvalue weighted by molar-refractivity contribution is 6.08. The van der Waals surface area contributed by atoms with E-state index in [1.165, 1.54) is 0 Å². The summed E-state index contributed by atoms with van der Waals surface area (Å²) in [6, 6.07) is 16.2. The van der Waals surface area contributed by atoms with Crippen molar-refractivity contribution in [3.05, 3.63) is 54.6 Å². The van der Waals surface area contributed by atoms with Crippen LogP contribution in [0.2, 0.25) is 0 Å². The molecule has 0 aliphatic carbocycles. The number of nitrogens with one attached hydrogen (secondary N) is 1. The zero-order valence-electron chi connectivity index (χ0n) is 14.6. The van der Waals surface area contributed by atoms with E-state index in [1.54, 1.807) is 38.1 Å². The molecule has 1 aliphatic heterocycles. The number of amides is 3. The van der Waals surface area contributed by atoms with Crippen LogP contribution in [0.3, 0.4) is 0 Å². The first-order chi connectivity index (χ1) is 12.5. The third kappa shape index (κ3) is 3.74. The van der Waals surface area contributed by atoms with Crippen LogP contribution in [0.25, 0.3) is 0 Å². The number of rotatable bonds is 5. The molecule has 1 heterocycles. The van der Waals surface area contributed by atoms with Crippen LogP contribution < -0.4 is 10.1 Å². The number of benzene rings is 2. The highest BCUT2D eigenvalue weighted by Crippen LogP contribution is 2.26. The van der Waals surface area contributed by atoms with Gasteiger partial charge < -0.3 is 10.1 Å². The van der Waals surface area contributed by atoms with Gasteiger partial charge in [0.25, 0.3) is 0 Å². The number of ether oxygens (including phenoxy) is 1. The van der Waals surface area contributed by atoms with Gasteiger partial charge in [0.2, 0.25) is 17.7 Å². The second-order valence-electron chi connectivity index (χ2n) is 6.33. The van der Waals surface area contributed by atoms with Gasteiger partial charge in [-0.25, -0.2) is 0 Å². The Morgan fingerprint density at radius 3 is 2.23 bits per heavy atom. The standard InChI is InChI=1S/C20H20N2O4/c1-13-14(2)20(25)22(19(13)24)12-18(23)21-15-7-6-10-17(11-15)26-16-8-4-3-5-9-16/h3-11,13-14H,12H2,1-2H3,(H,21,23)/t13-,14+. The Morgan fingerprint density at radius 1 is 0.962 bits per heavy atom.